The standard InChI is InChI=1S/C13H18ClN3O/c1-9-5-7-17(8-6-9)13(18)12-10(14)3-4-11(15-2)16-12/h3-4,9H,5-8H2,1-2H3,(H,15,16). The molecule has 1 aromatic heterocycles. The van der Waals surface area contributed by atoms with Crippen LogP contribution in [0.5, 0.6) is 0 Å². The maximum Gasteiger partial charge on any atom is 0.274 e. The Hall–Kier alpha value is -1.29. The normalized spacial score (nSPS) is 16.7. The van der Waals surface area contributed by atoms with Crippen molar-refractivity contribution in [1.29, 1.82) is 0 Å². The van der Waals surface area contributed by atoms with Gasteiger partial charge >= 0.3 is 0 Å². The number of hydrogen-bond acceptors (Lipinski definition) is 3. The third kappa shape index (κ3) is 2.75. The number of aromatic nitrogens is 1. The molecule has 0 unspecified atom stereocenters. The molecule has 1 N–H and O–H groups in total. The molecule has 0 bridgehead atoms. The third-order valence-electron chi connectivity index (χ3n) is 3.38. The number of likely N-dealkylation sites (tertiary alicyclic amines) is 1. The molecule has 2 rings (SSSR count). The van der Waals surface area contributed by atoms with Crippen LogP contribution in [-0.4, -0.2) is 35.9 Å². The van der Waals surface area contributed by atoms with Gasteiger partial charge in [0.05, 0.1) is 5.02 Å². The highest BCUT2D eigenvalue weighted by Gasteiger charge is 2.24. The van der Waals surface area contributed by atoms with Crippen molar-refractivity contribution in [3.8, 4) is 0 Å². The Kier molecular flexibility index (Phi) is 4.07. The van der Waals surface area contributed by atoms with Crippen molar-refractivity contribution in [2.75, 3.05) is 25.5 Å². The first-order valence-corrected chi connectivity index (χ1v) is 6.63. The van der Waals surface area contributed by atoms with E-state index < -0.39 is 0 Å². The van der Waals surface area contributed by atoms with Gasteiger partial charge in [-0.3, -0.25) is 4.79 Å². The number of carbonyl (C=O) groups excluding carboxylic acids is 1. The molecule has 0 aromatic carbocycles. The van der Waals surface area contributed by atoms with Gasteiger partial charge < -0.3 is 10.2 Å². The van der Waals surface area contributed by atoms with E-state index in [9.17, 15) is 4.79 Å². The van der Waals surface area contributed by atoms with E-state index in [4.69, 9.17) is 11.6 Å². The van der Waals surface area contributed by atoms with Gasteiger partial charge in [-0.05, 0) is 30.9 Å². The highest BCUT2D eigenvalue weighted by molar-refractivity contribution is 6.33. The SMILES string of the molecule is CNc1ccc(Cl)c(C(=O)N2CCC(C)CC2)n1. The van der Waals surface area contributed by atoms with Crippen LogP contribution < -0.4 is 5.32 Å². The Morgan fingerprint density at radius 3 is 2.72 bits per heavy atom. The average molecular weight is 268 g/mol. The molecule has 1 amide bonds. The fourth-order valence-electron chi connectivity index (χ4n) is 2.09. The Bertz CT molecular complexity index is 442. The second kappa shape index (κ2) is 5.57. The lowest BCUT2D eigenvalue weighted by molar-refractivity contribution is 0.0691. The first-order valence-electron chi connectivity index (χ1n) is 6.25. The second-order valence-corrected chi connectivity index (χ2v) is 5.16. The van der Waals surface area contributed by atoms with Crippen LogP contribution in [0.25, 0.3) is 0 Å². The summed E-state index contributed by atoms with van der Waals surface area (Å²) < 4.78 is 0. The van der Waals surface area contributed by atoms with E-state index in [2.05, 4.69) is 17.2 Å². The van der Waals surface area contributed by atoms with E-state index in [0.29, 0.717) is 22.5 Å². The fraction of sp³-hybridized carbons (Fsp3) is 0.538. The summed E-state index contributed by atoms with van der Waals surface area (Å²) in [5.74, 6) is 1.29. The van der Waals surface area contributed by atoms with Gasteiger partial charge in [0.2, 0.25) is 0 Å². The molecular weight excluding hydrogens is 250 g/mol. The van der Waals surface area contributed by atoms with Crippen LogP contribution in [0.15, 0.2) is 12.1 Å². The summed E-state index contributed by atoms with van der Waals surface area (Å²) in [7, 11) is 1.77. The summed E-state index contributed by atoms with van der Waals surface area (Å²) in [5, 5.41) is 3.33. The number of nitrogens with zero attached hydrogens (tertiary/aromatic N) is 2. The summed E-state index contributed by atoms with van der Waals surface area (Å²) in [6.07, 6.45) is 2.10. The number of hydrogen-bond donors (Lipinski definition) is 1. The first kappa shape index (κ1) is 13.1. The molecule has 1 aliphatic rings. The van der Waals surface area contributed by atoms with E-state index >= 15 is 0 Å². The van der Waals surface area contributed by atoms with Crippen LogP contribution in [0.2, 0.25) is 5.02 Å². The number of anilines is 1. The van der Waals surface area contributed by atoms with E-state index in [-0.39, 0.29) is 5.91 Å². The predicted octanol–water partition coefficient (Wildman–Crippen LogP) is 2.65. The maximum atomic E-state index is 12.3. The van der Waals surface area contributed by atoms with Crippen molar-refractivity contribution in [3.63, 3.8) is 0 Å². The Morgan fingerprint density at radius 2 is 2.11 bits per heavy atom. The van der Waals surface area contributed by atoms with Crippen molar-refractivity contribution in [2.45, 2.75) is 19.8 Å². The largest absolute Gasteiger partial charge is 0.373 e. The van der Waals surface area contributed by atoms with Gasteiger partial charge in [0, 0.05) is 20.1 Å². The molecule has 5 heteroatoms. The average Bonchev–Trinajstić information content (AvgIpc) is 2.39. The second-order valence-electron chi connectivity index (χ2n) is 4.75. The summed E-state index contributed by atoms with van der Waals surface area (Å²) >= 11 is 6.06. The van der Waals surface area contributed by atoms with Gasteiger partial charge in [-0.15, -0.1) is 0 Å². The van der Waals surface area contributed by atoms with Gasteiger partial charge in [0.15, 0.2) is 0 Å². The molecule has 1 saturated heterocycles. The first-order chi connectivity index (χ1) is 8.61. The molecule has 4 nitrogen and oxygen atoms in total. The highest BCUT2D eigenvalue weighted by atomic mass is 35.5. The number of halogens is 1. The topological polar surface area (TPSA) is 45.2 Å². The Morgan fingerprint density at radius 1 is 1.44 bits per heavy atom. The molecule has 1 fully saturated rings. The maximum absolute atomic E-state index is 12.3. The lowest BCUT2D eigenvalue weighted by atomic mass is 9.99. The zero-order valence-corrected chi connectivity index (χ0v) is 11.5. The summed E-state index contributed by atoms with van der Waals surface area (Å²) in [6, 6.07) is 3.47. The molecule has 0 saturated carbocycles. The van der Waals surface area contributed by atoms with E-state index in [1.165, 1.54) is 0 Å². The van der Waals surface area contributed by atoms with E-state index in [0.717, 1.165) is 25.9 Å². The molecule has 1 aromatic rings. The van der Waals surface area contributed by atoms with Crippen LogP contribution in [0.1, 0.15) is 30.3 Å². The predicted molar refractivity (Wildman–Crippen MR) is 73.1 cm³/mol. The lowest BCUT2D eigenvalue weighted by Gasteiger charge is -2.30. The van der Waals surface area contributed by atoms with E-state index in [1.54, 1.807) is 19.2 Å². The smallest absolute Gasteiger partial charge is 0.274 e. The number of nitrogens with one attached hydrogen (secondary N) is 1. The van der Waals surface area contributed by atoms with Crippen LogP contribution in [0, 0.1) is 5.92 Å². The van der Waals surface area contributed by atoms with Crippen molar-refractivity contribution >= 4 is 23.3 Å². The Balaban J connectivity index is 2.17. The van der Waals surface area contributed by atoms with Crippen LogP contribution in [-0.2, 0) is 0 Å². The fourth-order valence-corrected chi connectivity index (χ4v) is 2.28. The molecule has 18 heavy (non-hydrogen) atoms. The summed E-state index contributed by atoms with van der Waals surface area (Å²) in [4.78, 5) is 18.4. The molecule has 0 radical (unpaired) electrons. The zero-order valence-electron chi connectivity index (χ0n) is 10.7. The van der Waals surface area contributed by atoms with Crippen molar-refractivity contribution in [2.24, 2.45) is 5.92 Å². The summed E-state index contributed by atoms with van der Waals surface area (Å²) in [6.45, 7) is 3.80. The van der Waals surface area contributed by atoms with Crippen LogP contribution in [0.3, 0.4) is 0 Å². The number of carbonyl (C=O) groups is 1. The minimum Gasteiger partial charge on any atom is -0.373 e. The minimum atomic E-state index is -0.0657. The number of pyridine rings is 1. The highest BCUT2D eigenvalue weighted by Crippen LogP contribution is 2.22. The molecule has 98 valence electrons. The van der Waals surface area contributed by atoms with Gasteiger partial charge in [0.25, 0.3) is 5.91 Å². The minimum absolute atomic E-state index is 0.0657. The monoisotopic (exact) mass is 267 g/mol. The summed E-state index contributed by atoms with van der Waals surface area (Å²) in [5.41, 5.74) is 0.345. The number of rotatable bonds is 2. The van der Waals surface area contributed by atoms with E-state index in [1.807, 2.05) is 4.90 Å². The van der Waals surface area contributed by atoms with Crippen molar-refractivity contribution < 1.29 is 4.79 Å². The van der Waals surface area contributed by atoms with Gasteiger partial charge in [-0.1, -0.05) is 18.5 Å². The Labute approximate surface area is 112 Å². The quantitative estimate of drug-likeness (QED) is 0.896. The number of piperidine rings is 1. The van der Waals surface area contributed by atoms with Gasteiger partial charge in [-0.25, -0.2) is 4.98 Å². The molecular formula is C13H18ClN3O. The van der Waals surface area contributed by atoms with Crippen molar-refractivity contribution in [3.05, 3.63) is 22.8 Å². The van der Waals surface area contributed by atoms with Gasteiger partial charge in [-0.2, -0.15) is 0 Å². The van der Waals surface area contributed by atoms with Crippen LogP contribution in [0.4, 0.5) is 5.82 Å². The lowest BCUT2D eigenvalue weighted by Crippen LogP contribution is -2.38. The zero-order chi connectivity index (χ0) is 13.1. The van der Waals surface area contributed by atoms with Crippen molar-refractivity contribution in [1.82, 2.24) is 9.88 Å². The third-order valence-corrected chi connectivity index (χ3v) is 3.68. The molecule has 2 heterocycles. The molecule has 0 spiro atoms. The van der Waals surface area contributed by atoms with Crippen LogP contribution >= 0.6 is 11.6 Å². The molecule has 0 atom stereocenters. The number of amides is 1. The molecule has 0 aliphatic carbocycles. The molecule has 1 aliphatic heterocycles. The van der Waals surface area contributed by atoms with Gasteiger partial charge in [0.1, 0.15) is 11.5 Å².